The highest BCUT2D eigenvalue weighted by atomic mass is 32.1. The van der Waals surface area contributed by atoms with Crippen LogP contribution in [0.1, 0.15) is 56.4 Å². The minimum Gasteiger partial charge on any atom is -0.310 e. The molecule has 4 aromatic rings. The largest absolute Gasteiger partial charge is 0.310 e. The molecule has 0 bridgehead atoms. The van der Waals surface area contributed by atoms with Crippen LogP contribution >= 0.6 is 12.6 Å². The summed E-state index contributed by atoms with van der Waals surface area (Å²) in [5, 5.41) is 1.21. The quantitative estimate of drug-likeness (QED) is 0.0964. The molecule has 51 heavy (non-hydrogen) atoms. The van der Waals surface area contributed by atoms with Gasteiger partial charge in [-0.3, -0.25) is 0 Å². The molecule has 1 aromatic heterocycles. The molecule has 1 nitrogen and oxygen atoms in total. The second-order valence-corrected chi connectivity index (χ2v) is 13.2. The molecule has 3 aromatic carbocycles. The summed E-state index contributed by atoms with van der Waals surface area (Å²) in [5.74, 6) is 0. The molecule has 1 aliphatic carbocycles. The fourth-order valence-corrected chi connectivity index (χ4v) is 7.13. The number of hydrogen-bond donors (Lipinski definition) is 1. The molecular weight excluding hydrogens is 635 g/mol. The van der Waals surface area contributed by atoms with Crippen LogP contribution in [-0.4, -0.2) is 4.57 Å². The third-order valence-corrected chi connectivity index (χ3v) is 9.57. The molecular formula is C49H49NS. The molecule has 0 spiro atoms. The first kappa shape index (κ1) is 37.0. The first-order valence-electron chi connectivity index (χ1n) is 17.8. The summed E-state index contributed by atoms with van der Waals surface area (Å²) < 4.78 is 2.35. The van der Waals surface area contributed by atoms with Crippen LogP contribution in [0.25, 0.3) is 28.7 Å². The van der Waals surface area contributed by atoms with E-state index in [2.05, 4.69) is 189 Å². The molecule has 256 valence electrons. The van der Waals surface area contributed by atoms with Gasteiger partial charge in [0.05, 0.1) is 5.52 Å². The lowest BCUT2D eigenvalue weighted by atomic mass is 9.68. The Hall–Kier alpha value is -5.31. The average molecular weight is 684 g/mol. The molecule has 5 rings (SSSR count). The van der Waals surface area contributed by atoms with Gasteiger partial charge >= 0.3 is 0 Å². The second-order valence-electron chi connectivity index (χ2n) is 12.7. The van der Waals surface area contributed by atoms with Crippen LogP contribution in [0.15, 0.2) is 205 Å². The predicted molar refractivity (Wildman–Crippen MR) is 228 cm³/mol. The van der Waals surface area contributed by atoms with Crippen molar-refractivity contribution in [2.24, 2.45) is 0 Å². The van der Waals surface area contributed by atoms with Gasteiger partial charge in [-0.15, -0.1) is 12.6 Å². The minimum absolute atomic E-state index is 0.384. The van der Waals surface area contributed by atoms with Gasteiger partial charge in [0.1, 0.15) is 0 Å². The monoisotopic (exact) mass is 683 g/mol. The zero-order valence-corrected chi connectivity index (χ0v) is 30.9. The van der Waals surface area contributed by atoms with E-state index >= 15 is 0 Å². The fraction of sp³-hybridized carbons (Fsp3) is 0.143. The Bertz CT molecular complexity index is 2100. The van der Waals surface area contributed by atoms with Gasteiger partial charge in [0.25, 0.3) is 0 Å². The summed E-state index contributed by atoms with van der Waals surface area (Å²) in [5.41, 5.74) is 8.93. The fourth-order valence-electron chi connectivity index (χ4n) is 6.76. The van der Waals surface area contributed by atoms with Crippen LogP contribution in [0.2, 0.25) is 0 Å². The van der Waals surface area contributed by atoms with Gasteiger partial charge in [0, 0.05) is 27.1 Å². The van der Waals surface area contributed by atoms with Gasteiger partial charge in [-0.1, -0.05) is 164 Å². The van der Waals surface area contributed by atoms with Gasteiger partial charge in [-0.05, 0) is 98.2 Å². The van der Waals surface area contributed by atoms with E-state index in [1.807, 2.05) is 19.1 Å². The smallest absolute Gasteiger partial charge is 0.0540 e. The third kappa shape index (κ3) is 9.28. The average Bonchev–Trinajstić information content (AvgIpc) is 3.51. The van der Waals surface area contributed by atoms with Crippen LogP contribution in [0.3, 0.4) is 0 Å². The third-order valence-electron chi connectivity index (χ3n) is 9.18. The van der Waals surface area contributed by atoms with E-state index in [0.29, 0.717) is 0 Å². The lowest BCUT2D eigenvalue weighted by Crippen LogP contribution is -2.28. The van der Waals surface area contributed by atoms with E-state index in [9.17, 15) is 0 Å². The number of rotatable bonds is 10. The van der Waals surface area contributed by atoms with Crippen LogP contribution in [-0.2, 0) is 5.41 Å². The van der Waals surface area contributed by atoms with E-state index in [-0.39, 0.29) is 5.41 Å². The molecule has 0 fully saturated rings. The zero-order valence-electron chi connectivity index (χ0n) is 30.0. The number of nitrogens with zero attached hydrogens (tertiary/aromatic N) is 1. The van der Waals surface area contributed by atoms with E-state index in [0.717, 1.165) is 53.1 Å². The first-order valence-corrected chi connectivity index (χ1v) is 18.2. The van der Waals surface area contributed by atoms with Crippen molar-refractivity contribution in [2.45, 2.75) is 49.8 Å². The Labute approximate surface area is 311 Å². The van der Waals surface area contributed by atoms with Gasteiger partial charge in [-0.25, -0.2) is 0 Å². The van der Waals surface area contributed by atoms with Crippen molar-refractivity contribution < 1.29 is 0 Å². The summed E-state index contributed by atoms with van der Waals surface area (Å²) in [6, 6.07) is 28.2. The number of para-hydroxylation sites is 1. The molecule has 0 amide bonds. The lowest BCUT2D eigenvalue weighted by Gasteiger charge is -2.36. The molecule has 0 N–H and O–H groups in total. The van der Waals surface area contributed by atoms with Gasteiger partial charge in [-0.2, -0.15) is 0 Å². The topological polar surface area (TPSA) is 4.93 Å². The van der Waals surface area contributed by atoms with Crippen LogP contribution in [0.5, 0.6) is 0 Å². The number of allylic oxidation sites excluding steroid dienone is 18. The lowest BCUT2D eigenvalue weighted by molar-refractivity contribution is 0.519. The number of hydrogen-bond acceptors (Lipinski definition) is 1. The number of fused-ring (bicyclic) bond motifs is 1. The summed E-state index contributed by atoms with van der Waals surface area (Å²) in [4.78, 5) is 0.991. The Morgan fingerprint density at radius 2 is 1.59 bits per heavy atom. The molecule has 1 aliphatic rings. The first-order chi connectivity index (χ1) is 25.0. The van der Waals surface area contributed by atoms with Gasteiger partial charge in [0.2, 0.25) is 0 Å². The van der Waals surface area contributed by atoms with Crippen molar-refractivity contribution in [2.75, 3.05) is 0 Å². The molecule has 0 saturated carbocycles. The van der Waals surface area contributed by atoms with Crippen molar-refractivity contribution in [3.8, 4) is 5.69 Å². The maximum Gasteiger partial charge on any atom is 0.0540 e. The summed E-state index contributed by atoms with van der Waals surface area (Å²) in [6.07, 6.45) is 40.1. The normalized spacial score (nSPS) is 18.7. The summed E-state index contributed by atoms with van der Waals surface area (Å²) in [7, 11) is 0. The minimum atomic E-state index is -0.384. The number of thiol groups is 1. The highest BCUT2D eigenvalue weighted by molar-refractivity contribution is 7.80. The van der Waals surface area contributed by atoms with E-state index in [1.54, 1.807) is 6.08 Å². The summed E-state index contributed by atoms with van der Waals surface area (Å²) in [6.45, 7) is 12.3. The predicted octanol–water partition coefficient (Wildman–Crippen LogP) is 13.9. The summed E-state index contributed by atoms with van der Waals surface area (Å²) >= 11 is 5.09. The SMILES string of the molecule is C=C/C=C\C=CC1=CC(=C)CC/C=C\CC(C(/C=C\C)=C/c2cccc3c2cc(/C=C\C=C/C)n3-c2ccccc2)(c2ccccc2S)CC=C1. The van der Waals surface area contributed by atoms with E-state index in [1.165, 1.54) is 27.6 Å². The standard InChI is InChI=1S/C49H49NS/c1-5-8-10-15-25-40-26-22-35-49(46-31-18-19-33-48(46)51,34-20-12-14-24-39(4)36-40)42(23-7-3)37-41-27-21-32-47-45(41)38-44(30-13-9-6-2)50(47)43-28-16-11-17-29-43/h5-13,15-23,25-33,36-38,51H,1,4,14,24,34-35H2,2-3H3/b9-6-,10-8-,20-12-,23-7-,25-15?,26-22?,30-13-,40-36?,42-37+. The number of benzene rings is 3. The van der Waals surface area contributed by atoms with Crippen molar-refractivity contribution in [1.82, 2.24) is 4.57 Å². The maximum absolute atomic E-state index is 5.09. The molecule has 1 unspecified atom stereocenters. The van der Waals surface area contributed by atoms with Crippen LogP contribution < -0.4 is 0 Å². The Kier molecular flexibility index (Phi) is 13.5. The molecule has 1 heterocycles. The Balaban J connectivity index is 1.75. The van der Waals surface area contributed by atoms with Gasteiger partial charge in [0.15, 0.2) is 0 Å². The molecule has 1 atom stereocenters. The zero-order chi connectivity index (χ0) is 35.9. The van der Waals surface area contributed by atoms with Crippen molar-refractivity contribution in [3.63, 3.8) is 0 Å². The van der Waals surface area contributed by atoms with E-state index in [4.69, 9.17) is 12.6 Å². The highest BCUT2D eigenvalue weighted by Crippen LogP contribution is 2.45. The van der Waals surface area contributed by atoms with Crippen molar-refractivity contribution in [1.29, 1.82) is 0 Å². The maximum atomic E-state index is 5.09. The second kappa shape index (κ2) is 18.6. The molecule has 0 aliphatic heterocycles. The Morgan fingerprint density at radius 1 is 0.804 bits per heavy atom. The molecule has 0 saturated heterocycles. The van der Waals surface area contributed by atoms with E-state index < -0.39 is 0 Å². The van der Waals surface area contributed by atoms with Crippen LogP contribution in [0, 0.1) is 0 Å². The Morgan fingerprint density at radius 3 is 2.37 bits per heavy atom. The van der Waals surface area contributed by atoms with Crippen molar-refractivity contribution in [3.05, 3.63) is 217 Å². The molecule has 2 heteroatoms. The van der Waals surface area contributed by atoms with Crippen LogP contribution in [0.4, 0.5) is 0 Å². The van der Waals surface area contributed by atoms with Crippen molar-refractivity contribution >= 4 is 35.7 Å². The number of aromatic nitrogens is 1. The highest BCUT2D eigenvalue weighted by Gasteiger charge is 2.35. The van der Waals surface area contributed by atoms with Gasteiger partial charge < -0.3 is 4.57 Å². The molecule has 0 radical (unpaired) electrons.